The highest BCUT2D eigenvalue weighted by Gasteiger charge is 2.37. The minimum absolute atomic E-state index is 0.193. The molecular weight excluding hydrogens is 304 g/mol. The van der Waals surface area contributed by atoms with Gasteiger partial charge in [0.2, 0.25) is 0 Å². The summed E-state index contributed by atoms with van der Waals surface area (Å²) in [5.74, 6) is 1.68. The van der Waals surface area contributed by atoms with E-state index in [0.717, 1.165) is 41.9 Å². The molecule has 1 saturated heterocycles. The SMILES string of the molecule is C=CCOCOc1ccc2cc(OCC3(CC)COC3)ccc2c1. The molecule has 128 valence electrons. The first-order chi connectivity index (χ1) is 11.7. The largest absolute Gasteiger partial charge is 0.493 e. The van der Waals surface area contributed by atoms with Crippen LogP contribution >= 0.6 is 0 Å². The van der Waals surface area contributed by atoms with Gasteiger partial charge < -0.3 is 18.9 Å². The summed E-state index contributed by atoms with van der Waals surface area (Å²) < 4.78 is 22.1. The van der Waals surface area contributed by atoms with Crippen molar-refractivity contribution in [2.24, 2.45) is 5.41 Å². The van der Waals surface area contributed by atoms with E-state index in [9.17, 15) is 0 Å². The lowest BCUT2D eigenvalue weighted by Gasteiger charge is -2.40. The Hall–Kier alpha value is -2.04. The van der Waals surface area contributed by atoms with E-state index in [1.54, 1.807) is 6.08 Å². The number of hydrogen-bond donors (Lipinski definition) is 0. The average Bonchev–Trinajstić information content (AvgIpc) is 2.58. The van der Waals surface area contributed by atoms with Crippen molar-refractivity contribution >= 4 is 10.8 Å². The lowest BCUT2D eigenvalue weighted by Crippen LogP contribution is -2.46. The molecule has 0 unspecified atom stereocenters. The third kappa shape index (κ3) is 3.89. The van der Waals surface area contributed by atoms with Crippen LogP contribution in [0.4, 0.5) is 0 Å². The molecule has 2 aromatic rings. The van der Waals surface area contributed by atoms with Crippen molar-refractivity contribution in [1.82, 2.24) is 0 Å². The third-order valence-electron chi connectivity index (χ3n) is 4.44. The van der Waals surface area contributed by atoms with Crippen LogP contribution < -0.4 is 9.47 Å². The number of fused-ring (bicyclic) bond motifs is 1. The van der Waals surface area contributed by atoms with Crippen molar-refractivity contribution in [2.45, 2.75) is 13.3 Å². The molecule has 4 heteroatoms. The summed E-state index contributed by atoms with van der Waals surface area (Å²) in [5.41, 5.74) is 0.193. The molecule has 1 aliphatic rings. The zero-order chi connectivity index (χ0) is 16.8. The van der Waals surface area contributed by atoms with Gasteiger partial charge in [0.05, 0.1) is 31.8 Å². The van der Waals surface area contributed by atoms with Gasteiger partial charge in [0.25, 0.3) is 0 Å². The Morgan fingerprint density at radius 1 is 1.08 bits per heavy atom. The Kier molecular flexibility index (Phi) is 5.38. The fourth-order valence-corrected chi connectivity index (χ4v) is 2.64. The van der Waals surface area contributed by atoms with E-state index in [2.05, 4.69) is 25.6 Å². The first-order valence-corrected chi connectivity index (χ1v) is 8.30. The summed E-state index contributed by atoms with van der Waals surface area (Å²) in [7, 11) is 0. The van der Waals surface area contributed by atoms with Crippen LogP contribution in [0.5, 0.6) is 11.5 Å². The molecule has 4 nitrogen and oxygen atoms in total. The quantitative estimate of drug-likeness (QED) is 0.393. The van der Waals surface area contributed by atoms with Crippen molar-refractivity contribution in [2.75, 3.05) is 33.2 Å². The standard InChI is InChI=1S/C20H24O4/c1-3-9-21-15-24-19-8-6-16-10-18(7-5-17(16)11-19)23-14-20(4-2)12-22-13-20/h3,5-8,10-11H,1,4,9,12-15H2,2H3. The van der Waals surface area contributed by atoms with Gasteiger partial charge in [-0.3, -0.25) is 0 Å². The second kappa shape index (κ2) is 7.69. The summed E-state index contributed by atoms with van der Waals surface area (Å²) >= 11 is 0. The lowest BCUT2D eigenvalue weighted by atomic mass is 9.84. The van der Waals surface area contributed by atoms with E-state index in [1.807, 2.05) is 24.3 Å². The van der Waals surface area contributed by atoms with Crippen LogP contribution in [-0.4, -0.2) is 33.2 Å². The molecule has 0 radical (unpaired) electrons. The molecule has 0 bridgehead atoms. The van der Waals surface area contributed by atoms with Crippen LogP contribution in [0.25, 0.3) is 10.8 Å². The highest BCUT2D eigenvalue weighted by molar-refractivity contribution is 5.85. The zero-order valence-electron chi connectivity index (χ0n) is 14.1. The maximum Gasteiger partial charge on any atom is 0.189 e. The maximum atomic E-state index is 5.99. The van der Waals surface area contributed by atoms with Crippen molar-refractivity contribution in [3.05, 3.63) is 49.1 Å². The molecule has 0 N–H and O–H groups in total. The third-order valence-corrected chi connectivity index (χ3v) is 4.44. The molecule has 3 rings (SSSR count). The van der Waals surface area contributed by atoms with Gasteiger partial charge in [0.15, 0.2) is 6.79 Å². The van der Waals surface area contributed by atoms with Crippen LogP contribution in [0.1, 0.15) is 13.3 Å². The van der Waals surface area contributed by atoms with Gasteiger partial charge in [0.1, 0.15) is 11.5 Å². The Morgan fingerprint density at radius 3 is 2.29 bits per heavy atom. The monoisotopic (exact) mass is 328 g/mol. The molecule has 2 aromatic carbocycles. The molecule has 0 aliphatic carbocycles. The van der Waals surface area contributed by atoms with E-state index >= 15 is 0 Å². The maximum absolute atomic E-state index is 5.99. The lowest BCUT2D eigenvalue weighted by molar-refractivity contribution is -0.133. The van der Waals surface area contributed by atoms with Gasteiger partial charge in [-0.25, -0.2) is 0 Å². The molecule has 0 amide bonds. The highest BCUT2D eigenvalue weighted by Crippen LogP contribution is 2.32. The number of ether oxygens (including phenoxy) is 4. The normalized spacial score (nSPS) is 15.7. The van der Waals surface area contributed by atoms with Gasteiger partial charge in [-0.1, -0.05) is 25.1 Å². The first kappa shape index (κ1) is 16.8. The molecule has 1 aliphatic heterocycles. The van der Waals surface area contributed by atoms with Crippen LogP contribution in [0.3, 0.4) is 0 Å². The number of hydrogen-bond acceptors (Lipinski definition) is 4. The molecule has 1 heterocycles. The fraction of sp³-hybridized carbons (Fsp3) is 0.400. The fourth-order valence-electron chi connectivity index (χ4n) is 2.64. The van der Waals surface area contributed by atoms with Crippen LogP contribution in [0.2, 0.25) is 0 Å². The summed E-state index contributed by atoms with van der Waals surface area (Å²) in [6, 6.07) is 12.1. The Labute approximate surface area is 143 Å². The van der Waals surface area contributed by atoms with Gasteiger partial charge in [-0.05, 0) is 41.5 Å². The van der Waals surface area contributed by atoms with E-state index in [-0.39, 0.29) is 12.2 Å². The molecule has 0 aromatic heterocycles. The second-order valence-corrected chi connectivity index (χ2v) is 6.23. The summed E-state index contributed by atoms with van der Waals surface area (Å²) in [6.45, 7) is 8.79. The second-order valence-electron chi connectivity index (χ2n) is 6.23. The number of benzene rings is 2. The van der Waals surface area contributed by atoms with Crippen molar-refractivity contribution in [3.8, 4) is 11.5 Å². The molecular formula is C20H24O4. The van der Waals surface area contributed by atoms with Gasteiger partial charge in [-0.2, -0.15) is 0 Å². The van der Waals surface area contributed by atoms with E-state index in [1.165, 1.54) is 0 Å². The van der Waals surface area contributed by atoms with E-state index in [4.69, 9.17) is 18.9 Å². The Balaban J connectivity index is 1.62. The summed E-state index contributed by atoms with van der Waals surface area (Å²) in [4.78, 5) is 0. The summed E-state index contributed by atoms with van der Waals surface area (Å²) in [5, 5.41) is 2.24. The predicted molar refractivity (Wildman–Crippen MR) is 94.6 cm³/mol. The van der Waals surface area contributed by atoms with Crippen molar-refractivity contribution in [3.63, 3.8) is 0 Å². The average molecular weight is 328 g/mol. The van der Waals surface area contributed by atoms with Gasteiger partial charge in [-0.15, -0.1) is 6.58 Å². The van der Waals surface area contributed by atoms with Crippen molar-refractivity contribution in [1.29, 1.82) is 0 Å². The molecule has 0 saturated carbocycles. The number of rotatable bonds is 9. The minimum Gasteiger partial charge on any atom is -0.493 e. The van der Waals surface area contributed by atoms with Crippen LogP contribution in [0.15, 0.2) is 49.1 Å². The highest BCUT2D eigenvalue weighted by atomic mass is 16.7. The summed E-state index contributed by atoms with van der Waals surface area (Å²) in [6.07, 6.45) is 2.78. The predicted octanol–water partition coefficient (Wildman–Crippen LogP) is 4.18. The van der Waals surface area contributed by atoms with Crippen LogP contribution in [0, 0.1) is 5.41 Å². The molecule has 24 heavy (non-hydrogen) atoms. The van der Waals surface area contributed by atoms with Gasteiger partial charge in [0, 0.05) is 0 Å². The zero-order valence-corrected chi connectivity index (χ0v) is 14.1. The van der Waals surface area contributed by atoms with E-state index < -0.39 is 0 Å². The Bertz CT molecular complexity index is 686. The smallest absolute Gasteiger partial charge is 0.189 e. The first-order valence-electron chi connectivity index (χ1n) is 8.30. The topological polar surface area (TPSA) is 36.9 Å². The van der Waals surface area contributed by atoms with Gasteiger partial charge >= 0.3 is 0 Å². The van der Waals surface area contributed by atoms with Crippen LogP contribution in [-0.2, 0) is 9.47 Å². The molecule has 1 fully saturated rings. The molecule has 0 atom stereocenters. The Morgan fingerprint density at radius 2 is 1.75 bits per heavy atom. The van der Waals surface area contributed by atoms with E-state index in [0.29, 0.717) is 13.2 Å². The van der Waals surface area contributed by atoms with Crippen molar-refractivity contribution < 1.29 is 18.9 Å². The molecule has 0 spiro atoms. The minimum atomic E-state index is 0.193.